The molecule has 0 radical (unpaired) electrons. The molecule has 5 nitrogen and oxygen atoms in total. The van der Waals surface area contributed by atoms with Crippen molar-refractivity contribution in [2.24, 2.45) is 5.92 Å². The summed E-state index contributed by atoms with van der Waals surface area (Å²) in [5.74, 6) is 0.0366. The molecule has 1 aliphatic heterocycles. The first-order valence-electron chi connectivity index (χ1n) is 8.04. The van der Waals surface area contributed by atoms with E-state index in [1.54, 1.807) is 0 Å². The largest absolute Gasteiger partial charge is 0.506 e. The van der Waals surface area contributed by atoms with Crippen LogP contribution in [0.2, 0.25) is 5.02 Å². The number of phenols is 1. The van der Waals surface area contributed by atoms with Crippen molar-refractivity contribution in [3.63, 3.8) is 0 Å². The van der Waals surface area contributed by atoms with Gasteiger partial charge in [0.25, 0.3) is 5.91 Å². The predicted octanol–water partition coefficient (Wildman–Crippen LogP) is 3.58. The molecular weight excluding hydrogens is 396 g/mol. The Balaban J connectivity index is 1.92. The second kappa shape index (κ2) is 8.21. The highest BCUT2D eigenvalue weighted by Gasteiger charge is 2.25. The molecular formula is C17H22BrClN2O3. The molecule has 0 bridgehead atoms. The molecule has 0 unspecified atom stereocenters. The quantitative estimate of drug-likeness (QED) is 0.787. The zero-order valence-electron chi connectivity index (χ0n) is 13.8. The van der Waals surface area contributed by atoms with Crippen LogP contribution in [-0.4, -0.2) is 41.0 Å². The summed E-state index contributed by atoms with van der Waals surface area (Å²) in [5, 5.41) is 13.3. The summed E-state index contributed by atoms with van der Waals surface area (Å²) in [6.45, 7) is 5.34. The smallest absolute Gasteiger partial charge is 0.255 e. The monoisotopic (exact) mass is 416 g/mol. The molecule has 1 aromatic rings. The Morgan fingerprint density at radius 2 is 2.00 bits per heavy atom. The standard InChI is InChI=1S/C17H22BrClN2O3/c1-10(2)7-15(22)21-5-3-12(4-6-21)20-17(24)13-8-11(19)9-14(18)16(13)23/h8-10,12,23H,3-7H2,1-2H3,(H,20,24). The Bertz CT molecular complexity index is 629. The molecule has 2 rings (SSSR count). The zero-order chi connectivity index (χ0) is 17.9. The molecule has 1 fully saturated rings. The molecule has 0 spiro atoms. The van der Waals surface area contributed by atoms with E-state index in [2.05, 4.69) is 21.2 Å². The molecule has 1 saturated heterocycles. The summed E-state index contributed by atoms with van der Waals surface area (Å²) in [6.07, 6.45) is 1.97. The van der Waals surface area contributed by atoms with Crippen molar-refractivity contribution in [2.45, 2.75) is 39.2 Å². The number of amides is 2. The Hall–Kier alpha value is -1.27. The molecule has 0 atom stereocenters. The summed E-state index contributed by atoms with van der Waals surface area (Å²) in [5.41, 5.74) is 0.146. The van der Waals surface area contributed by atoms with Crippen molar-refractivity contribution in [1.29, 1.82) is 0 Å². The number of phenolic OH excluding ortho intramolecular Hbond substituents is 1. The second-order valence-electron chi connectivity index (χ2n) is 6.51. The maximum absolute atomic E-state index is 12.4. The fourth-order valence-electron chi connectivity index (χ4n) is 2.75. The summed E-state index contributed by atoms with van der Waals surface area (Å²) in [6, 6.07) is 2.96. The molecule has 2 N–H and O–H groups in total. The Morgan fingerprint density at radius 3 is 2.58 bits per heavy atom. The third-order valence-corrected chi connectivity index (χ3v) is 4.86. The predicted molar refractivity (Wildman–Crippen MR) is 97.3 cm³/mol. The Morgan fingerprint density at radius 1 is 1.38 bits per heavy atom. The van der Waals surface area contributed by atoms with Gasteiger partial charge in [-0.2, -0.15) is 0 Å². The number of benzene rings is 1. The maximum Gasteiger partial charge on any atom is 0.255 e. The minimum Gasteiger partial charge on any atom is -0.506 e. The molecule has 24 heavy (non-hydrogen) atoms. The van der Waals surface area contributed by atoms with Crippen molar-refractivity contribution >= 4 is 39.3 Å². The minimum absolute atomic E-state index is 0.0160. The average Bonchev–Trinajstić information content (AvgIpc) is 2.50. The van der Waals surface area contributed by atoms with Crippen molar-refractivity contribution in [2.75, 3.05) is 13.1 Å². The van der Waals surface area contributed by atoms with Crippen molar-refractivity contribution in [1.82, 2.24) is 10.2 Å². The van der Waals surface area contributed by atoms with Crippen molar-refractivity contribution in [3.8, 4) is 5.75 Å². The van der Waals surface area contributed by atoms with Gasteiger partial charge in [-0.05, 0) is 46.8 Å². The van der Waals surface area contributed by atoms with Crippen LogP contribution in [-0.2, 0) is 4.79 Å². The molecule has 132 valence electrons. The number of piperidine rings is 1. The van der Waals surface area contributed by atoms with Crippen molar-refractivity contribution < 1.29 is 14.7 Å². The molecule has 1 aliphatic rings. The number of likely N-dealkylation sites (tertiary alicyclic amines) is 1. The van der Waals surface area contributed by atoms with E-state index < -0.39 is 0 Å². The first kappa shape index (κ1) is 19.1. The number of carbonyl (C=O) groups excluding carboxylic acids is 2. The highest BCUT2D eigenvalue weighted by molar-refractivity contribution is 9.10. The van der Waals surface area contributed by atoms with E-state index in [1.807, 2.05) is 18.7 Å². The SMILES string of the molecule is CC(C)CC(=O)N1CCC(NC(=O)c2cc(Cl)cc(Br)c2O)CC1. The number of halogens is 2. The number of hydrogen-bond donors (Lipinski definition) is 2. The van der Waals surface area contributed by atoms with Crippen LogP contribution in [0, 0.1) is 5.92 Å². The van der Waals surface area contributed by atoms with Crippen molar-refractivity contribution in [3.05, 3.63) is 27.2 Å². The Kier molecular flexibility index (Phi) is 6.52. The third kappa shape index (κ3) is 4.86. The zero-order valence-corrected chi connectivity index (χ0v) is 16.2. The lowest BCUT2D eigenvalue weighted by atomic mass is 10.0. The van der Waals surface area contributed by atoms with Gasteiger partial charge in [-0.3, -0.25) is 9.59 Å². The highest BCUT2D eigenvalue weighted by atomic mass is 79.9. The van der Waals surface area contributed by atoms with Gasteiger partial charge < -0.3 is 15.3 Å². The summed E-state index contributed by atoms with van der Waals surface area (Å²) in [4.78, 5) is 26.3. The molecule has 1 aromatic carbocycles. The van der Waals surface area contributed by atoms with Gasteiger partial charge in [0.1, 0.15) is 5.75 Å². The molecule has 7 heteroatoms. The molecule has 0 aromatic heterocycles. The molecule has 0 saturated carbocycles. The summed E-state index contributed by atoms with van der Waals surface area (Å²) in [7, 11) is 0. The van der Waals surface area contributed by atoms with E-state index in [1.165, 1.54) is 12.1 Å². The van der Waals surface area contributed by atoms with E-state index in [0.29, 0.717) is 47.8 Å². The number of hydrogen-bond acceptors (Lipinski definition) is 3. The number of carbonyl (C=O) groups is 2. The lowest BCUT2D eigenvalue weighted by Gasteiger charge is -2.33. The van der Waals surface area contributed by atoms with Crippen LogP contribution in [0.25, 0.3) is 0 Å². The normalized spacial score (nSPS) is 15.6. The van der Waals surface area contributed by atoms with Crippen LogP contribution in [0.15, 0.2) is 16.6 Å². The first-order chi connectivity index (χ1) is 11.3. The highest BCUT2D eigenvalue weighted by Crippen LogP contribution is 2.31. The fraction of sp³-hybridized carbons (Fsp3) is 0.529. The van der Waals surface area contributed by atoms with Crippen LogP contribution in [0.5, 0.6) is 5.75 Å². The average molecular weight is 418 g/mol. The van der Waals surface area contributed by atoms with Gasteiger partial charge in [-0.15, -0.1) is 0 Å². The van der Waals surface area contributed by atoms with Crippen LogP contribution >= 0.6 is 27.5 Å². The van der Waals surface area contributed by atoms with Gasteiger partial charge in [0.15, 0.2) is 0 Å². The van der Waals surface area contributed by atoms with E-state index in [9.17, 15) is 14.7 Å². The number of nitrogens with zero attached hydrogens (tertiary/aromatic N) is 1. The molecule has 1 heterocycles. The lowest BCUT2D eigenvalue weighted by molar-refractivity contribution is -0.133. The summed E-state index contributed by atoms with van der Waals surface area (Å²) >= 11 is 9.11. The number of nitrogens with one attached hydrogen (secondary N) is 1. The van der Waals surface area contributed by atoms with E-state index >= 15 is 0 Å². The van der Waals surface area contributed by atoms with E-state index in [-0.39, 0.29) is 29.2 Å². The van der Waals surface area contributed by atoms with Crippen LogP contribution < -0.4 is 5.32 Å². The van der Waals surface area contributed by atoms with Gasteiger partial charge in [-0.25, -0.2) is 0 Å². The fourth-order valence-corrected chi connectivity index (χ4v) is 3.56. The van der Waals surface area contributed by atoms with E-state index in [0.717, 1.165) is 0 Å². The third-order valence-electron chi connectivity index (χ3n) is 4.04. The van der Waals surface area contributed by atoms with Crippen LogP contribution in [0.1, 0.15) is 43.5 Å². The lowest BCUT2D eigenvalue weighted by Crippen LogP contribution is -2.46. The molecule has 0 aliphatic carbocycles. The van der Waals surface area contributed by atoms with Gasteiger partial charge >= 0.3 is 0 Å². The van der Waals surface area contributed by atoms with Gasteiger partial charge in [0.2, 0.25) is 5.91 Å². The molecule has 2 amide bonds. The minimum atomic E-state index is -0.359. The van der Waals surface area contributed by atoms with E-state index in [4.69, 9.17) is 11.6 Å². The van der Waals surface area contributed by atoms with Gasteiger partial charge in [-0.1, -0.05) is 25.4 Å². The summed E-state index contributed by atoms with van der Waals surface area (Å²) < 4.78 is 0.384. The number of rotatable bonds is 4. The second-order valence-corrected chi connectivity index (χ2v) is 7.80. The Labute approximate surface area is 155 Å². The van der Waals surface area contributed by atoms with Gasteiger partial charge in [0, 0.05) is 30.6 Å². The van der Waals surface area contributed by atoms with Crippen LogP contribution in [0.4, 0.5) is 0 Å². The topological polar surface area (TPSA) is 69.6 Å². The maximum atomic E-state index is 12.4. The van der Waals surface area contributed by atoms with Gasteiger partial charge in [0.05, 0.1) is 10.0 Å². The first-order valence-corrected chi connectivity index (χ1v) is 9.21. The number of aromatic hydroxyl groups is 1. The van der Waals surface area contributed by atoms with Crippen LogP contribution in [0.3, 0.4) is 0 Å².